The number of aliphatic imine (C=N–C) groups is 1. The lowest BCUT2D eigenvalue weighted by atomic mass is 10.0. The molecule has 190 valence electrons. The zero-order valence-electron chi connectivity index (χ0n) is 20.0. The predicted octanol–water partition coefficient (Wildman–Crippen LogP) is 3.12. The summed E-state index contributed by atoms with van der Waals surface area (Å²) in [5.41, 5.74) is 4.34. The van der Waals surface area contributed by atoms with E-state index >= 15 is 0 Å². The molecule has 2 aliphatic rings. The van der Waals surface area contributed by atoms with Gasteiger partial charge in [-0.2, -0.15) is 0 Å². The maximum atomic E-state index is 10.7. The van der Waals surface area contributed by atoms with E-state index in [9.17, 15) is 5.11 Å². The van der Waals surface area contributed by atoms with Crippen molar-refractivity contribution >= 4 is 43.9 Å². The van der Waals surface area contributed by atoms with Crippen molar-refractivity contribution in [3.63, 3.8) is 0 Å². The first kappa shape index (κ1) is 24.9. The fourth-order valence-corrected chi connectivity index (χ4v) is 4.97. The van der Waals surface area contributed by atoms with Gasteiger partial charge in [0.2, 0.25) is 0 Å². The Morgan fingerprint density at radius 1 is 1.00 bits per heavy atom. The number of H-pyrrole nitrogens is 1. The number of aliphatic hydroxyl groups excluding tert-OH is 1. The molecule has 3 heterocycles. The number of aromatic nitrogens is 1. The molecule has 10 heteroatoms. The molecule has 0 amide bonds. The van der Waals surface area contributed by atoms with Crippen molar-refractivity contribution in [3.8, 4) is 5.88 Å². The van der Waals surface area contributed by atoms with Gasteiger partial charge in [-0.1, -0.05) is 39.3 Å². The van der Waals surface area contributed by atoms with Crippen LogP contribution in [-0.2, 0) is 9.57 Å². The molecule has 36 heavy (non-hydrogen) atoms. The number of ether oxygens (including phenoxy) is 1. The van der Waals surface area contributed by atoms with E-state index in [1.54, 1.807) is 0 Å². The van der Waals surface area contributed by atoms with Crippen LogP contribution in [-0.4, -0.2) is 102 Å². The Kier molecular flexibility index (Phi) is 7.98. The number of hydrogen-bond acceptors (Lipinski definition) is 8. The quantitative estimate of drug-likeness (QED) is 0.262. The Bertz CT molecular complexity index is 1270. The lowest BCUT2D eigenvalue weighted by molar-refractivity contribution is 0.0483. The molecule has 3 N–H and O–H groups in total. The van der Waals surface area contributed by atoms with E-state index in [4.69, 9.17) is 19.7 Å². The van der Waals surface area contributed by atoms with Crippen molar-refractivity contribution < 1.29 is 19.8 Å². The van der Waals surface area contributed by atoms with Crippen LogP contribution in [0.3, 0.4) is 0 Å². The average molecular weight is 556 g/mol. The molecule has 0 bridgehead atoms. The number of nitrogens with one attached hydrogen (secondary N) is 1. The average Bonchev–Trinajstić information content (AvgIpc) is 3.41. The van der Waals surface area contributed by atoms with Gasteiger partial charge in [0.25, 0.3) is 0 Å². The van der Waals surface area contributed by atoms with Crippen LogP contribution in [0, 0.1) is 0 Å². The summed E-state index contributed by atoms with van der Waals surface area (Å²) in [4.78, 5) is 18.4. The highest BCUT2D eigenvalue weighted by atomic mass is 79.9. The van der Waals surface area contributed by atoms with Gasteiger partial charge in [0.15, 0.2) is 5.88 Å². The van der Waals surface area contributed by atoms with Crippen LogP contribution in [0.4, 0.5) is 5.69 Å². The Balaban J connectivity index is 1.24. The molecule has 3 aromatic rings. The first-order valence-corrected chi connectivity index (χ1v) is 13.0. The molecule has 0 aliphatic carbocycles. The van der Waals surface area contributed by atoms with Crippen LogP contribution in [0.2, 0.25) is 0 Å². The van der Waals surface area contributed by atoms with Crippen LogP contribution >= 0.6 is 15.9 Å². The highest BCUT2D eigenvalue weighted by Crippen LogP contribution is 2.36. The summed E-state index contributed by atoms with van der Waals surface area (Å²) >= 11 is 3.53. The van der Waals surface area contributed by atoms with Gasteiger partial charge >= 0.3 is 0 Å². The van der Waals surface area contributed by atoms with Crippen molar-refractivity contribution in [1.82, 2.24) is 14.8 Å². The second-order valence-electron chi connectivity index (χ2n) is 8.81. The Labute approximate surface area is 218 Å². The summed E-state index contributed by atoms with van der Waals surface area (Å²) in [6, 6.07) is 13.6. The summed E-state index contributed by atoms with van der Waals surface area (Å²) in [6.45, 7) is 7.14. The van der Waals surface area contributed by atoms with E-state index in [0.717, 1.165) is 65.9 Å². The number of piperazine rings is 1. The number of aromatic hydroxyl groups is 1. The Morgan fingerprint density at radius 3 is 2.53 bits per heavy atom. The van der Waals surface area contributed by atoms with Crippen LogP contribution in [0.25, 0.3) is 10.9 Å². The van der Waals surface area contributed by atoms with Gasteiger partial charge in [0.05, 0.1) is 31.1 Å². The van der Waals surface area contributed by atoms with Gasteiger partial charge in [-0.15, -0.1) is 0 Å². The number of fused-ring (bicyclic) bond motifs is 2. The number of aliphatic hydroxyl groups is 1. The molecule has 1 saturated heterocycles. The third kappa shape index (κ3) is 5.47. The molecular weight excluding hydrogens is 526 g/mol. The predicted molar refractivity (Wildman–Crippen MR) is 144 cm³/mol. The molecule has 0 spiro atoms. The number of para-hydroxylation sites is 1. The zero-order chi connectivity index (χ0) is 24.9. The van der Waals surface area contributed by atoms with E-state index < -0.39 is 0 Å². The van der Waals surface area contributed by atoms with E-state index in [1.165, 1.54) is 0 Å². The topological polar surface area (TPSA) is 106 Å². The molecule has 9 nitrogen and oxygen atoms in total. The minimum Gasteiger partial charge on any atom is -0.494 e. The maximum Gasteiger partial charge on any atom is 0.199 e. The third-order valence-electron chi connectivity index (χ3n) is 6.50. The fraction of sp³-hybridized carbons (Fsp3) is 0.385. The zero-order valence-corrected chi connectivity index (χ0v) is 21.6. The van der Waals surface area contributed by atoms with Crippen LogP contribution in [0.5, 0.6) is 5.88 Å². The van der Waals surface area contributed by atoms with Gasteiger partial charge in [0.1, 0.15) is 18.0 Å². The Hall–Kier alpha value is -2.76. The fourth-order valence-electron chi connectivity index (χ4n) is 4.61. The van der Waals surface area contributed by atoms with E-state index in [-0.39, 0.29) is 12.5 Å². The molecule has 0 atom stereocenters. The smallest absolute Gasteiger partial charge is 0.199 e. The van der Waals surface area contributed by atoms with Gasteiger partial charge in [-0.25, -0.2) is 4.99 Å². The van der Waals surface area contributed by atoms with Gasteiger partial charge < -0.3 is 24.8 Å². The minimum atomic E-state index is 0.0574. The number of benzene rings is 2. The van der Waals surface area contributed by atoms with Crippen LogP contribution in [0.15, 0.2) is 57.1 Å². The van der Waals surface area contributed by atoms with Gasteiger partial charge in [-0.3, -0.25) is 9.80 Å². The molecule has 0 unspecified atom stereocenters. The van der Waals surface area contributed by atoms with E-state index in [1.807, 2.05) is 42.5 Å². The third-order valence-corrected chi connectivity index (χ3v) is 6.99. The number of nitrogens with zero attached hydrogens (tertiary/aromatic N) is 4. The van der Waals surface area contributed by atoms with Crippen molar-refractivity contribution in [3.05, 3.63) is 58.1 Å². The summed E-state index contributed by atoms with van der Waals surface area (Å²) in [7, 11) is 0. The van der Waals surface area contributed by atoms with E-state index in [2.05, 4.69) is 35.9 Å². The minimum absolute atomic E-state index is 0.0574. The van der Waals surface area contributed by atoms with Crippen molar-refractivity contribution in [1.29, 1.82) is 0 Å². The Morgan fingerprint density at radius 2 is 1.75 bits per heavy atom. The van der Waals surface area contributed by atoms with Crippen molar-refractivity contribution in [2.75, 3.05) is 65.7 Å². The first-order chi connectivity index (χ1) is 17.6. The van der Waals surface area contributed by atoms with Crippen molar-refractivity contribution in [2.45, 2.75) is 0 Å². The largest absolute Gasteiger partial charge is 0.494 e. The number of rotatable bonds is 10. The second-order valence-corrected chi connectivity index (χ2v) is 9.72. The highest BCUT2D eigenvalue weighted by molar-refractivity contribution is 9.10. The van der Waals surface area contributed by atoms with Crippen LogP contribution in [0.1, 0.15) is 11.1 Å². The normalized spacial score (nSPS) is 17.6. The molecule has 1 fully saturated rings. The van der Waals surface area contributed by atoms with Gasteiger partial charge in [-0.05, 0) is 24.3 Å². The lowest BCUT2D eigenvalue weighted by Crippen LogP contribution is -2.48. The van der Waals surface area contributed by atoms with Crippen LogP contribution < -0.4 is 0 Å². The molecule has 2 aliphatic heterocycles. The second kappa shape index (κ2) is 11.5. The molecule has 5 rings (SSSR count). The van der Waals surface area contributed by atoms with E-state index in [0.29, 0.717) is 36.8 Å². The molecule has 0 radical (unpaired) electrons. The number of oxime groups is 1. The summed E-state index contributed by atoms with van der Waals surface area (Å²) in [5.74, 6) is 0.0574. The molecule has 0 saturated carbocycles. The summed E-state index contributed by atoms with van der Waals surface area (Å²) in [6.07, 6.45) is 0. The molecule has 2 aromatic carbocycles. The molecular formula is C26H30BrN5O4. The number of aromatic amines is 1. The first-order valence-electron chi connectivity index (χ1n) is 12.2. The SMILES string of the molecule is OCCOCCN1CCN(CCO/N=C2/C(c3c(O)[nH]c4ccc(Br)cc34)=Nc3ccccc32)CC1. The monoisotopic (exact) mass is 555 g/mol. The highest BCUT2D eigenvalue weighted by Gasteiger charge is 2.29. The maximum absolute atomic E-state index is 10.7. The van der Waals surface area contributed by atoms with Gasteiger partial charge in [0, 0.05) is 60.2 Å². The lowest BCUT2D eigenvalue weighted by Gasteiger charge is -2.34. The van der Waals surface area contributed by atoms with Crippen molar-refractivity contribution in [2.24, 2.45) is 10.1 Å². The number of hydrogen-bond donors (Lipinski definition) is 3. The summed E-state index contributed by atoms with van der Waals surface area (Å²) < 4.78 is 6.28. The molecule has 1 aromatic heterocycles. The summed E-state index contributed by atoms with van der Waals surface area (Å²) in [5, 5.41) is 24.9. The standard InChI is InChI=1S/C26H30BrN5O4/c27-18-5-6-22-20(17-18)23(26(34)29-22)25-24(19-3-1-2-4-21(19)28-25)30-36-15-12-32-9-7-31(8-10-32)11-14-35-16-13-33/h1-6,17,29,33-34H,7-16H2/b30-24+. The number of halogens is 1.